The van der Waals surface area contributed by atoms with Crippen molar-refractivity contribution in [2.24, 2.45) is 5.73 Å². The number of hydrogen-bond donors (Lipinski definition) is 1. The highest BCUT2D eigenvalue weighted by atomic mass is 79.9. The molecule has 20 heavy (non-hydrogen) atoms. The molecule has 3 nitrogen and oxygen atoms in total. The van der Waals surface area contributed by atoms with E-state index in [4.69, 9.17) is 10.5 Å². The highest BCUT2D eigenvalue weighted by Crippen LogP contribution is 2.31. The van der Waals surface area contributed by atoms with E-state index in [9.17, 15) is 0 Å². The highest BCUT2D eigenvalue weighted by molar-refractivity contribution is 9.10. The number of benzene rings is 2. The van der Waals surface area contributed by atoms with Gasteiger partial charge in [-0.3, -0.25) is 0 Å². The van der Waals surface area contributed by atoms with Crippen molar-refractivity contribution in [3.63, 3.8) is 0 Å². The Morgan fingerprint density at radius 3 is 2.45 bits per heavy atom. The number of ether oxygens (including phenoxy) is 1. The zero-order valence-electron chi connectivity index (χ0n) is 11.9. The fourth-order valence-corrected chi connectivity index (χ4v) is 2.79. The first-order chi connectivity index (χ1) is 9.52. The molecule has 0 aromatic heterocycles. The van der Waals surface area contributed by atoms with E-state index >= 15 is 0 Å². The third kappa shape index (κ3) is 3.14. The predicted molar refractivity (Wildman–Crippen MR) is 87.8 cm³/mol. The van der Waals surface area contributed by atoms with Gasteiger partial charge in [0.05, 0.1) is 7.11 Å². The minimum absolute atomic E-state index is 0.0144. The fraction of sp³-hybridized carbons (Fsp3) is 0.250. The molecule has 0 heterocycles. The van der Waals surface area contributed by atoms with E-state index in [0.29, 0.717) is 0 Å². The van der Waals surface area contributed by atoms with Crippen molar-refractivity contribution in [2.75, 3.05) is 19.1 Å². The average molecular weight is 335 g/mol. The Hall–Kier alpha value is -1.52. The summed E-state index contributed by atoms with van der Waals surface area (Å²) in [5.74, 6) is 0.848. The second-order valence-electron chi connectivity index (χ2n) is 4.75. The van der Waals surface area contributed by atoms with Gasteiger partial charge >= 0.3 is 0 Å². The maximum atomic E-state index is 5.93. The first-order valence-corrected chi connectivity index (χ1v) is 7.25. The molecule has 0 saturated heterocycles. The van der Waals surface area contributed by atoms with Crippen molar-refractivity contribution in [3.05, 3.63) is 52.5 Å². The summed E-state index contributed by atoms with van der Waals surface area (Å²) in [7, 11) is 3.70. The molecule has 0 unspecified atom stereocenters. The van der Waals surface area contributed by atoms with Crippen LogP contribution in [0.5, 0.6) is 5.75 Å². The Bertz CT molecular complexity index is 599. The van der Waals surface area contributed by atoms with Gasteiger partial charge in [-0.25, -0.2) is 0 Å². The molecule has 2 aromatic rings. The van der Waals surface area contributed by atoms with Crippen molar-refractivity contribution >= 4 is 27.3 Å². The standard InChI is InChI=1S/C16H19BrN2O/c1-11(18)15-8-7-13(10-16(15)17)19(2)12-5-4-6-14(9-12)20-3/h4-11H,18H2,1-3H3/t11-/m1/s1. The number of anilines is 2. The third-order valence-corrected chi connectivity index (χ3v) is 3.99. The van der Waals surface area contributed by atoms with Crippen LogP contribution in [0.3, 0.4) is 0 Å². The Morgan fingerprint density at radius 1 is 1.15 bits per heavy atom. The van der Waals surface area contributed by atoms with E-state index in [0.717, 1.165) is 27.2 Å². The van der Waals surface area contributed by atoms with Crippen LogP contribution in [0.1, 0.15) is 18.5 Å². The van der Waals surface area contributed by atoms with E-state index in [2.05, 4.69) is 45.1 Å². The van der Waals surface area contributed by atoms with Gasteiger partial charge in [0.2, 0.25) is 0 Å². The van der Waals surface area contributed by atoms with E-state index < -0.39 is 0 Å². The van der Waals surface area contributed by atoms with Gasteiger partial charge in [0, 0.05) is 35.0 Å². The molecular weight excluding hydrogens is 316 g/mol. The van der Waals surface area contributed by atoms with Crippen molar-refractivity contribution in [3.8, 4) is 5.75 Å². The van der Waals surface area contributed by atoms with Crippen LogP contribution in [0, 0.1) is 0 Å². The summed E-state index contributed by atoms with van der Waals surface area (Å²) in [5, 5.41) is 0. The number of nitrogens with zero attached hydrogens (tertiary/aromatic N) is 1. The second kappa shape index (κ2) is 6.29. The number of halogens is 1. The van der Waals surface area contributed by atoms with Gasteiger partial charge in [0.15, 0.2) is 0 Å². The molecule has 0 aliphatic carbocycles. The summed E-state index contributed by atoms with van der Waals surface area (Å²) in [6.07, 6.45) is 0. The smallest absolute Gasteiger partial charge is 0.120 e. The average Bonchev–Trinajstić information content (AvgIpc) is 2.46. The zero-order chi connectivity index (χ0) is 14.7. The molecule has 106 valence electrons. The van der Waals surface area contributed by atoms with Gasteiger partial charge in [0.1, 0.15) is 5.75 Å². The quantitative estimate of drug-likeness (QED) is 0.908. The monoisotopic (exact) mass is 334 g/mol. The molecule has 0 fully saturated rings. The van der Waals surface area contributed by atoms with Gasteiger partial charge in [-0.05, 0) is 36.8 Å². The zero-order valence-corrected chi connectivity index (χ0v) is 13.5. The summed E-state index contributed by atoms with van der Waals surface area (Å²) >= 11 is 3.59. The Balaban J connectivity index is 2.33. The van der Waals surface area contributed by atoms with E-state index in [1.54, 1.807) is 7.11 Å². The van der Waals surface area contributed by atoms with E-state index in [1.807, 2.05) is 32.2 Å². The normalized spacial score (nSPS) is 12.1. The maximum Gasteiger partial charge on any atom is 0.120 e. The second-order valence-corrected chi connectivity index (χ2v) is 5.61. The molecule has 0 bridgehead atoms. The molecule has 2 aromatic carbocycles. The largest absolute Gasteiger partial charge is 0.497 e. The fourth-order valence-electron chi connectivity index (χ4n) is 2.06. The number of nitrogens with two attached hydrogens (primary N) is 1. The summed E-state index contributed by atoms with van der Waals surface area (Å²) < 4.78 is 6.29. The van der Waals surface area contributed by atoms with Crippen LogP contribution < -0.4 is 15.4 Å². The molecule has 0 spiro atoms. The summed E-state index contributed by atoms with van der Waals surface area (Å²) in [4.78, 5) is 2.11. The Morgan fingerprint density at radius 2 is 1.85 bits per heavy atom. The SMILES string of the molecule is COc1cccc(N(C)c2ccc([C@@H](C)N)c(Br)c2)c1. The molecule has 4 heteroatoms. The minimum Gasteiger partial charge on any atom is -0.497 e. The minimum atomic E-state index is 0.0144. The first-order valence-electron chi connectivity index (χ1n) is 6.45. The third-order valence-electron chi connectivity index (χ3n) is 3.30. The van der Waals surface area contributed by atoms with Gasteiger partial charge in [-0.15, -0.1) is 0 Å². The molecule has 0 aliphatic heterocycles. The first kappa shape index (κ1) is 14.9. The van der Waals surface area contributed by atoms with Crippen LogP contribution in [0.15, 0.2) is 46.9 Å². The lowest BCUT2D eigenvalue weighted by Crippen LogP contribution is -2.11. The van der Waals surface area contributed by atoms with Crippen LogP contribution in [0.25, 0.3) is 0 Å². The van der Waals surface area contributed by atoms with Gasteiger partial charge < -0.3 is 15.4 Å². The molecule has 2 rings (SSSR count). The molecule has 2 N–H and O–H groups in total. The lowest BCUT2D eigenvalue weighted by atomic mass is 10.1. The Labute approximate surface area is 128 Å². The summed E-state index contributed by atoms with van der Waals surface area (Å²) in [6, 6.07) is 14.2. The van der Waals surface area contributed by atoms with Crippen molar-refractivity contribution < 1.29 is 4.74 Å². The van der Waals surface area contributed by atoms with Gasteiger partial charge in [-0.1, -0.05) is 28.1 Å². The van der Waals surface area contributed by atoms with Crippen LogP contribution in [-0.4, -0.2) is 14.2 Å². The lowest BCUT2D eigenvalue weighted by molar-refractivity contribution is 0.415. The number of methoxy groups -OCH3 is 1. The summed E-state index contributed by atoms with van der Waals surface area (Å²) in [6.45, 7) is 1.98. The van der Waals surface area contributed by atoms with Crippen LogP contribution >= 0.6 is 15.9 Å². The van der Waals surface area contributed by atoms with Crippen molar-refractivity contribution in [1.29, 1.82) is 0 Å². The predicted octanol–water partition coefficient (Wildman–Crippen LogP) is 4.25. The van der Waals surface area contributed by atoms with Crippen LogP contribution in [-0.2, 0) is 0 Å². The lowest BCUT2D eigenvalue weighted by Gasteiger charge is -2.21. The van der Waals surface area contributed by atoms with Crippen LogP contribution in [0.4, 0.5) is 11.4 Å². The number of rotatable bonds is 4. The number of hydrogen-bond acceptors (Lipinski definition) is 3. The summed E-state index contributed by atoms with van der Waals surface area (Å²) in [5.41, 5.74) is 9.20. The van der Waals surface area contributed by atoms with Crippen LogP contribution in [0.2, 0.25) is 0 Å². The molecule has 0 aliphatic rings. The highest BCUT2D eigenvalue weighted by Gasteiger charge is 2.09. The Kier molecular flexibility index (Phi) is 4.68. The maximum absolute atomic E-state index is 5.93. The molecular formula is C16H19BrN2O. The topological polar surface area (TPSA) is 38.5 Å². The molecule has 0 amide bonds. The molecule has 1 atom stereocenters. The molecule has 0 saturated carbocycles. The van der Waals surface area contributed by atoms with Crippen molar-refractivity contribution in [2.45, 2.75) is 13.0 Å². The molecule has 0 radical (unpaired) electrons. The van der Waals surface area contributed by atoms with Crippen molar-refractivity contribution in [1.82, 2.24) is 0 Å². The van der Waals surface area contributed by atoms with E-state index in [-0.39, 0.29) is 6.04 Å². The van der Waals surface area contributed by atoms with Gasteiger partial charge in [-0.2, -0.15) is 0 Å². The van der Waals surface area contributed by atoms with E-state index in [1.165, 1.54) is 0 Å². The van der Waals surface area contributed by atoms with Gasteiger partial charge in [0.25, 0.3) is 0 Å².